The van der Waals surface area contributed by atoms with Crippen LogP contribution in [-0.2, 0) is 16.6 Å². The largest absolute Gasteiger partial charge is 0.316 e. The molecule has 1 aromatic heterocycles. The first-order valence-electron chi connectivity index (χ1n) is 6.31. The third kappa shape index (κ3) is 3.72. The summed E-state index contributed by atoms with van der Waals surface area (Å²) in [5.74, 6) is 0. The van der Waals surface area contributed by atoms with Gasteiger partial charge in [-0.25, -0.2) is 8.42 Å². The number of pyridine rings is 1. The Morgan fingerprint density at radius 3 is 2.67 bits per heavy atom. The van der Waals surface area contributed by atoms with Crippen LogP contribution in [0.3, 0.4) is 0 Å². The van der Waals surface area contributed by atoms with Gasteiger partial charge in [-0.3, -0.25) is 9.71 Å². The Morgan fingerprint density at radius 2 is 2.05 bits per heavy atom. The van der Waals surface area contributed by atoms with E-state index in [2.05, 4.69) is 15.0 Å². The van der Waals surface area contributed by atoms with Crippen molar-refractivity contribution in [3.8, 4) is 0 Å². The van der Waals surface area contributed by atoms with Crippen LogP contribution in [0.5, 0.6) is 0 Å². The second-order valence-corrected chi connectivity index (χ2v) is 6.62. The van der Waals surface area contributed by atoms with Crippen molar-refractivity contribution in [1.82, 2.24) is 10.3 Å². The molecule has 0 atom stereocenters. The summed E-state index contributed by atoms with van der Waals surface area (Å²) < 4.78 is 27.2. The highest BCUT2D eigenvalue weighted by Crippen LogP contribution is 2.23. The van der Waals surface area contributed by atoms with Crippen LogP contribution in [0.1, 0.15) is 11.3 Å². The normalized spacial score (nSPS) is 11.4. The molecule has 1 heterocycles. The van der Waals surface area contributed by atoms with Crippen molar-refractivity contribution in [2.45, 2.75) is 18.4 Å². The highest BCUT2D eigenvalue weighted by molar-refractivity contribution is 7.92. The molecule has 2 aromatic rings. The highest BCUT2D eigenvalue weighted by Gasteiger charge is 2.16. The predicted molar refractivity (Wildman–Crippen MR) is 84.0 cm³/mol. The summed E-state index contributed by atoms with van der Waals surface area (Å²) in [6.45, 7) is 2.31. The van der Waals surface area contributed by atoms with Crippen molar-refractivity contribution in [3.63, 3.8) is 0 Å². The molecule has 0 aliphatic rings. The Balaban J connectivity index is 2.32. The van der Waals surface area contributed by atoms with E-state index in [1.165, 1.54) is 12.1 Å². The van der Waals surface area contributed by atoms with Gasteiger partial charge in [0, 0.05) is 17.8 Å². The van der Waals surface area contributed by atoms with Gasteiger partial charge >= 0.3 is 0 Å². The van der Waals surface area contributed by atoms with Gasteiger partial charge in [0.15, 0.2) is 0 Å². The number of nitrogens with one attached hydrogen (secondary N) is 2. The molecule has 5 nitrogen and oxygen atoms in total. The van der Waals surface area contributed by atoms with Crippen molar-refractivity contribution in [1.29, 1.82) is 0 Å². The molecule has 0 aliphatic carbocycles. The number of aryl methyl sites for hydroxylation is 1. The fourth-order valence-corrected chi connectivity index (χ4v) is 3.28. The molecule has 0 spiro atoms. The molecule has 0 unspecified atom stereocenters. The molecular formula is C14H16ClN3O2S. The molecule has 2 rings (SSSR count). The molecule has 2 N–H and O–H groups in total. The van der Waals surface area contributed by atoms with E-state index in [4.69, 9.17) is 11.6 Å². The quantitative estimate of drug-likeness (QED) is 0.886. The second-order valence-electron chi connectivity index (χ2n) is 4.53. The summed E-state index contributed by atoms with van der Waals surface area (Å²) in [6, 6.07) is 8.02. The Morgan fingerprint density at radius 1 is 1.29 bits per heavy atom. The number of hydrogen-bond donors (Lipinski definition) is 2. The van der Waals surface area contributed by atoms with Crippen LogP contribution in [-0.4, -0.2) is 20.4 Å². The number of anilines is 1. The summed E-state index contributed by atoms with van der Waals surface area (Å²) in [6.07, 6.45) is 1.61. The first-order valence-corrected chi connectivity index (χ1v) is 8.17. The Kier molecular flexibility index (Phi) is 4.82. The second kappa shape index (κ2) is 6.43. The van der Waals surface area contributed by atoms with Gasteiger partial charge in [-0.1, -0.05) is 17.7 Å². The summed E-state index contributed by atoms with van der Waals surface area (Å²) in [7, 11) is -1.89. The van der Waals surface area contributed by atoms with Gasteiger partial charge in [0.25, 0.3) is 10.0 Å². The molecular weight excluding hydrogens is 310 g/mol. The third-order valence-corrected chi connectivity index (χ3v) is 4.67. The third-order valence-electron chi connectivity index (χ3n) is 2.95. The smallest absolute Gasteiger partial charge is 0.262 e. The van der Waals surface area contributed by atoms with Crippen LogP contribution in [0.4, 0.5) is 5.69 Å². The number of nitrogens with zero attached hydrogens (tertiary/aromatic N) is 1. The van der Waals surface area contributed by atoms with Gasteiger partial charge in [-0.05, 0) is 43.8 Å². The summed E-state index contributed by atoms with van der Waals surface area (Å²) in [4.78, 5) is 4.17. The molecule has 0 aliphatic heterocycles. The van der Waals surface area contributed by atoms with Gasteiger partial charge < -0.3 is 5.32 Å². The lowest BCUT2D eigenvalue weighted by Crippen LogP contribution is -2.14. The van der Waals surface area contributed by atoms with E-state index < -0.39 is 10.0 Å². The average molecular weight is 326 g/mol. The monoisotopic (exact) mass is 325 g/mol. The van der Waals surface area contributed by atoms with E-state index in [1.807, 2.05) is 0 Å². The molecule has 21 heavy (non-hydrogen) atoms. The van der Waals surface area contributed by atoms with Gasteiger partial charge in [0.1, 0.15) is 0 Å². The number of rotatable bonds is 5. The Labute approximate surface area is 129 Å². The number of benzene rings is 1. The number of sulfonamides is 1. The fraction of sp³-hybridized carbons (Fsp3) is 0.214. The minimum atomic E-state index is -3.68. The van der Waals surface area contributed by atoms with Crippen molar-refractivity contribution < 1.29 is 8.42 Å². The predicted octanol–water partition coefficient (Wildman–Crippen LogP) is 2.56. The minimum Gasteiger partial charge on any atom is -0.316 e. The molecule has 112 valence electrons. The summed E-state index contributed by atoms with van der Waals surface area (Å²) in [5.41, 5.74) is 1.91. The lowest BCUT2D eigenvalue weighted by atomic mass is 10.2. The lowest BCUT2D eigenvalue weighted by molar-refractivity contribution is 0.601. The summed E-state index contributed by atoms with van der Waals surface area (Å²) >= 11 is 6.10. The molecule has 1 aromatic carbocycles. The van der Waals surface area contributed by atoms with Crippen molar-refractivity contribution in [2.75, 3.05) is 11.8 Å². The Bertz CT molecular complexity index is 748. The maximum absolute atomic E-state index is 12.4. The SMILES string of the molecule is CNCc1ccc(S(=O)(=O)Nc2cccnc2C)cc1Cl. The molecule has 0 radical (unpaired) electrons. The average Bonchev–Trinajstić information content (AvgIpc) is 2.43. The van der Waals surface area contributed by atoms with Crippen LogP contribution in [0, 0.1) is 6.92 Å². The zero-order chi connectivity index (χ0) is 15.5. The van der Waals surface area contributed by atoms with Gasteiger partial charge in [0.05, 0.1) is 16.3 Å². The van der Waals surface area contributed by atoms with Crippen LogP contribution >= 0.6 is 11.6 Å². The minimum absolute atomic E-state index is 0.121. The van der Waals surface area contributed by atoms with Crippen LogP contribution < -0.4 is 10.0 Å². The number of aromatic nitrogens is 1. The molecule has 0 saturated carbocycles. The zero-order valence-corrected chi connectivity index (χ0v) is 13.3. The first-order chi connectivity index (χ1) is 9.94. The van der Waals surface area contributed by atoms with Crippen LogP contribution in [0.2, 0.25) is 5.02 Å². The van der Waals surface area contributed by atoms with Gasteiger partial charge in [-0.2, -0.15) is 0 Å². The lowest BCUT2D eigenvalue weighted by Gasteiger charge is -2.11. The van der Waals surface area contributed by atoms with E-state index in [9.17, 15) is 8.42 Å². The van der Waals surface area contributed by atoms with Gasteiger partial charge in [-0.15, -0.1) is 0 Å². The number of halogens is 1. The first kappa shape index (κ1) is 15.8. The maximum Gasteiger partial charge on any atom is 0.262 e. The molecule has 0 amide bonds. The van der Waals surface area contributed by atoms with E-state index in [-0.39, 0.29) is 4.90 Å². The number of hydrogen-bond acceptors (Lipinski definition) is 4. The summed E-state index contributed by atoms with van der Waals surface area (Å²) in [5, 5.41) is 3.38. The molecule has 7 heteroatoms. The van der Waals surface area contributed by atoms with Crippen molar-refractivity contribution in [3.05, 3.63) is 52.8 Å². The van der Waals surface area contributed by atoms with Crippen molar-refractivity contribution >= 4 is 27.3 Å². The van der Waals surface area contributed by atoms with Crippen molar-refractivity contribution in [2.24, 2.45) is 0 Å². The van der Waals surface area contributed by atoms with E-state index in [0.717, 1.165) is 5.56 Å². The van der Waals surface area contributed by atoms with E-state index >= 15 is 0 Å². The molecule has 0 fully saturated rings. The standard InChI is InChI=1S/C14H16ClN3O2S/c1-10-14(4-3-7-17-10)18-21(19,20)12-6-5-11(9-16-2)13(15)8-12/h3-8,16,18H,9H2,1-2H3. The topological polar surface area (TPSA) is 71.1 Å². The van der Waals surface area contributed by atoms with Gasteiger partial charge in [0.2, 0.25) is 0 Å². The fourth-order valence-electron chi connectivity index (χ4n) is 1.82. The van der Waals surface area contributed by atoms with Crippen LogP contribution in [0.15, 0.2) is 41.4 Å². The maximum atomic E-state index is 12.4. The van der Waals surface area contributed by atoms with E-state index in [1.54, 1.807) is 38.4 Å². The Hall–Kier alpha value is -1.63. The zero-order valence-electron chi connectivity index (χ0n) is 11.7. The molecule has 0 bridgehead atoms. The highest BCUT2D eigenvalue weighted by atomic mass is 35.5. The molecule has 0 saturated heterocycles. The van der Waals surface area contributed by atoms with E-state index in [0.29, 0.717) is 22.9 Å². The van der Waals surface area contributed by atoms with Crippen LogP contribution in [0.25, 0.3) is 0 Å².